The molecule has 1 aromatic heterocycles. The first-order valence-electron chi connectivity index (χ1n) is 10.3. The highest BCUT2D eigenvalue weighted by atomic mass is 32.2. The summed E-state index contributed by atoms with van der Waals surface area (Å²) in [6.07, 6.45) is 5.38. The van der Waals surface area contributed by atoms with Gasteiger partial charge in [0, 0.05) is 30.2 Å². The van der Waals surface area contributed by atoms with E-state index in [9.17, 15) is 13.2 Å². The summed E-state index contributed by atoms with van der Waals surface area (Å²) in [6, 6.07) is 15.8. The van der Waals surface area contributed by atoms with E-state index in [0.29, 0.717) is 23.4 Å². The third kappa shape index (κ3) is 4.46. The summed E-state index contributed by atoms with van der Waals surface area (Å²) >= 11 is 0. The molecule has 2 heterocycles. The molecule has 0 unspecified atom stereocenters. The Balaban J connectivity index is 1.51. The van der Waals surface area contributed by atoms with E-state index in [1.54, 1.807) is 55.7 Å². The topological polar surface area (TPSA) is 79.4 Å². The minimum atomic E-state index is -3.71. The van der Waals surface area contributed by atoms with Crippen LogP contribution in [0.25, 0.3) is 0 Å². The van der Waals surface area contributed by atoms with E-state index in [-0.39, 0.29) is 16.8 Å². The number of nitrogens with zero attached hydrogens (tertiary/aromatic N) is 2. The summed E-state index contributed by atoms with van der Waals surface area (Å²) in [5, 5.41) is 0. The van der Waals surface area contributed by atoms with Crippen LogP contribution in [0.5, 0.6) is 0 Å². The third-order valence-electron chi connectivity index (χ3n) is 5.60. The van der Waals surface area contributed by atoms with E-state index in [2.05, 4.69) is 9.71 Å². The molecule has 31 heavy (non-hydrogen) atoms. The van der Waals surface area contributed by atoms with E-state index in [4.69, 9.17) is 0 Å². The summed E-state index contributed by atoms with van der Waals surface area (Å²) < 4.78 is 28.2. The van der Waals surface area contributed by atoms with Crippen LogP contribution in [-0.4, -0.2) is 30.8 Å². The number of carbonyl (C=O) groups excluding carboxylic acids is 1. The molecule has 0 spiro atoms. The fourth-order valence-corrected chi connectivity index (χ4v) is 5.37. The number of pyridine rings is 1. The number of hydrogen-bond donors (Lipinski definition) is 1. The van der Waals surface area contributed by atoms with Crippen molar-refractivity contribution in [2.24, 2.45) is 0 Å². The zero-order valence-electron chi connectivity index (χ0n) is 17.6. The van der Waals surface area contributed by atoms with E-state index in [1.807, 2.05) is 30.0 Å². The molecule has 160 valence electrons. The Hall–Kier alpha value is -3.19. The monoisotopic (exact) mass is 435 g/mol. The van der Waals surface area contributed by atoms with Gasteiger partial charge in [-0.1, -0.05) is 18.2 Å². The Labute approximate surface area is 183 Å². The van der Waals surface area contributed by atoms with Gasteiger partial charge in [-0.25, -0.2) is 8.42 Å². The van der Waals surface area contributed by atoms with Crippen molar-refractivity contribution < 1.29 is 13.2 Å². The van der Waals surface area contributed by atoms with Crippen LogP contribution in [-0.2, 0) is 10.0 Å². The van der Waals surface area contributed by atoms with Gasteiger partial charge in [-0.2, -0.15) is 0 Å². The number of benzene rings is 2. The number of anilines is 1. The third-order valence-corrected chi connectivity index (χ3v) is 7.12. The molecular weight excluding hydrogens is 410 g/mol. The molecular formula is C24H25N3O3S. The molecule has 1 fully saturated rings. The molecule has 1 atom stereocenters. The molecule has 7 heteroatoms. The number of aryl methyl sites for hydroxylation is 2. The minimum absolute atomic E-state index is 0.0173. The van der Waals surface area contributed by atoms with Gasteiger partial charge in [-0.3, -0.25) is 14.5 Å². The van der Waals surface area contributed by atoms with Crippen LogP contribution in [0.3, 0.4) is 0 Å². The molecule has 0 radical (unpaired) electrons. The molecule has 1 N–H and O–H groups in total. The quantitative estimate of drug-likeness (QED) is 0.641. The van der Waals surface area contributed by atoms with Crippen LogP contribution in [0.15, 0.2) is 71.9 Å². The lowest BCUT2D eigenvalue weighted by molar-refractivity contribution is 0.0735. The fourth-order valence-electron chi connectivity index (χ4n) is 3.98. The van der Waals surface area contributed by atoms with Crippen molar-refractivity contribution in [3.05, 3.63) is 89.2 Å². The van der Waals surface area contributed by atoms with Crippen LogP contribution in [0.4, 0.5) is 5.69 Å². The van der Waals surface area contributed by atoms with E-state index in [0.717, 1.165) is 24.0 Å². The smallest absolute Gasteiger partial charge is 0.262 e. The Bertz CT molecular complexity index is 1190. The first-order valence-corrected chi connectivity index (χ1v) is 11.7. The van der Waals surface area contributed by atoms with Gasteiger partial charge in [0.15, 0.2) is 0 Å². The number of nitrogens with one attached hydrogen (secondary N) is 1. The van der Waals surface area contributed by atoms with Crippen LogP contribution < -0.4 is 4.72 Å². The van der Waals surface area contributed by atoms with Gasteiger partial charge in [-0.05, 0) is 79.8 Å². The molecule has 0 bridgehead atoms. The highest BCUT2D eigenvalue weighted by Crippen LogP contribution is 2.33. The molecule has 1 saturated heterocycles. The lowest BCUT2D eigenvalue weighted by Crippen LogP contribution is -2.30. The van der Waals surface area contributed by atoms with Crippen molar-refractivity contribution in [1.82, 2.24) is 9.88 Å². The normalized spacial score (nSPS) is 16.3. The predicted molar refractivity (Wildman–Crippen MR) is 120 cm³/mol. The number of sulfonamides is 1. The molecule has 1 amide bonds. The second kappa shape index (κ2) is 8.51. The van der Waals surface area contributed by atoms with Crippen molar-refractivity contribution in [2.45, 2.75) is 37.6 Å². The van der Waals surface area contributed by atoms with Gasteiger partial charge in [-0.15, -0.1) is 0 Å². The maximum Gasteiger partial charge on any atom is 0.262 e. The molecule has 0 aliphatic carbocycles. The SMILES string of the molecule is Cc1ccc(C)c(S(=O)(=O)Nc2ccc(C(=O)N3CCC[C@@H]3c3cccnc3)cc2)c1. The first kappa shape index (κ1) is 21.1. The molecule has 1 aliphatic rings. The van der Waals surface area contributed by atoms with E-state index < -0.39 is 10.0 Å². The highest BCUT2D eigenvalue weighted by Gasteiger charge is 2.30. The van der Waals surface area contributed by atoms with E-state index >= 15 is 0 Å². The number of rotatable bonds is 5. The Morgan fingerprint density at radius 1 is 1.10 bits per heavy atom. The van der Waals surface area contributed by atoms with Crippen LogP contribution >= 0.6 is 0 Å². The zero-order valence-corrected chi connectivity index (χ0v) is 18.4. The number of carbonyl (C=O) groups is 1. The maximum absolute atomic E-state index is 13.1. The molecule has 2 aromatic carbocycles. The summed E-state index contributed by atoms with van der Waals surface area (Å²) in [4.78, 5) is 19.4. The Kier molecular flexibility index (Phi) is 5.78. The van der Waals surface area contributed by atoms with Gasteiger partial charge in [0.05, 0.1) is 10.9 Å². The zero-order chi connectivity index (χ0) is 22.0. The van der Waals surface area contributed by atoms with Crippen molar-refractivity contribution in [1.29, 1.82) is 0 Å². The Morgan fingerprint density at radius 2 is 1.87 bits per heavy atom. The molecule has 1 aliphatic heterocycles. The predicted octanol–water partition coefficient (Wildman–Crippen LogP) is 4.48. The lowest BCUT2D eigenvalue weighted by Gasteiger charge is -2.25. The second-order valence-corrected chi connectivity index (χ2v) is 9.55. The Morgan fingerprint density at radius 3 is 2.58 bits per heavy atom. The first-order chi connectivity index (χ1) is 14.8. The lowest BCUT2D eigenvalue weighted by atomic mass is 10.1. The van der Waals surface area contributed by atoms with E-state index in [1.165, 1.54) is 0 Å². The molecule has 3 aromatic rings. The van der Waals surface area contributed by atoms with Gasteiger partial charge >= 0.3 is 0 Å². The van der Waals surface area contributed by atoms with Gasteiger partial charge < -0.3 is 4.90 Å². The maximum atomic E-state index is 13.1. The molecule has 0 saturated carbocycles. The van der Waals surface area contributed by atoms with Gasteiger partial charge in [0.1, 0.15) is 0 Å². The number of aromatic nitrogens is 1. The van der Waals surface area contributed by atoms with Crippen molar-refractivity contribution in [3.63, 3.8) is 0 Å². The van der Waals surface area contributed by atoms with Crippen LogP contribution in [0, 0.1) is 13.8 Å². The van der Waals surface area contributed by atoms with Gasteiger partial charge in [0.25, 0.3) is 15.9 Å². The summed E-state index contributed by atoms with van der Waals surface area (Å²) in [7, 11) is -3.71. The number of hydrogen-bond acceptors (Lipinski definition) is 4. The minimum Gasteiger partial charge on any atom is -0.332 e. The molecule has 4 rings (SSSR count). The van der Waals surface area contributed by atoms with Crippen molar-refractivity contribution in [3.8, 4) is 0 Å². The van der Waals surface area contributed by atoms with Gasteiger partial charge in [0.2, 0.25) is 0 Å². The van der Waals surface area contributed by atoms with Crippen LogP contribution in [0.1, 0.15) is 45.9 Å². The summed E-state index contributed by atoms with van der Waals surface area (Å²) in [5.41, 5.74) is 3.54. The average molecular weight is 436 g/mol. The second-order valence-electron chi connectivity index (χ2n) is 7.89. The van der Waals surface area contributed by atoms with Crippen LogP contribution in [0.2, 0.25) is 0 Å². The van der Waals surface area contributed by atoms with Crippen molar-refractivity contribution >= 4 is 21.6 Å². The average Bonchev–Trinajstić information content (AvgIpc) is 3.26. The summed E-state index contributed by atoms with van der Waals surface area (Å²) in [5.74, 6) is -0.0599. The number of amides is 1. The molecule has 6 nitrogen and oxygen atoms in total. The largest absolute Gasteiger partial charge is 0.332 e. The number of likely N-dealkylation sites (tertiary alicyclic amines) is 1. The fraction of sp³-hybridized carbons (Fsp3) is 0.250. The summed E-state index contributed by atoms with van der Waals surface area (Å²) in [6.45, 7) is 4.32. The highest BCUT2D eigenvalue weighted by molar-refractivity contribution is 7.92. The standard InChI is InChI=1S/C24H25N3O3S/c1-17-7-8-18(2)23(15-17)31(29,30)26-21-11-9-19(10-12-21)24(28)27-14-4-6-22(27)20-5-3-13-25-16-20/h3,5,7-13,15-16,22,26H,4,6,14H2,1-2H3/t22-/m1/s1. The van der Waals surface area contributed by atoms with Crippen molar-refractivity contribution in [2.75, 3.05) is 11.3 Å².